The third-order valence-electron chi connectivity index (χ3n) is 3.54. The predicted octanol–water partition coefficient (Wildman–Crippen LogP) is 3.27. The summed E-state index contributed by atoms with van der Waals surface area (Å²) in [5.41, 5.74) is 0.426. The Morgan fingerprint density at radius 2 is 1.87 bits per heavy atom. The molecule has 0 radical (unpaired) electrons. The van der Waals surface area contributed by atoms with Crippen molar-refractivity contribution >= 4 is 73.2 Å². The van der Waals surface area contributed by atoms with Crippen LogP contribution < -0.4 is 4.90 Å². The van der Waals surface area contributed by atoms with Gasteiger partial charge in [-0.25, -0.2) is 8.42 Å². The Bertz CT molecular complexity index is 803. The monoisotopic (exact) mass is 412 g/mol. The van der Waals surface area contributed by atoms with Crippen LogP contribution in [0.2, 0.25) is 15.1 Å². The highest BCUT2D eigenvalue weighted by Gasteiger charge is 2.50. The minimum atomic E-state index is -3.15. The van der Waals surface area contributed by atoms with Crippen molar-refractivity contribution in [3.05, 3.63) is 27.2 Å². The number of carbonyl (C=O) groups is 1. The van der Waals surface area contributed by atoms with Gasteiger partial charge in [0, 0.05) is 17.2 Å². The van der Waals surface area contributed by atoms with Crippen LogP contribution in [0.1, 0.15) is 6.92 Å². The van der Waals surface area contributed by atoms with Crippen molar-refractivity contribution in [2.24, 2.45) is 4.99 Å². The molecule has 10 heteroatoms. The molecule has 0 N–H and O–H groups in total. The molecular formula is C13H11Cl3N2O3S2. The average molecular weight is 414 g/mol. The van der Waals surface area contributed by atoms with Crippen LogP contribution in [0.5, 0.6) is 0 Å². The standard InChI is InChI=1S/C13H11Cl3N2O3S2/c1-6(19)17-13-18(10-4-23(20,21)5-11(10)22-13)12-8(15)2-7(14)3-9(12)16/h2-3,10-11H,4-5H2,1H3/t10-,11+/m1/s1. The molecule has 23 heavy (non-hydrogen) atoms. The number of nitrogens with zero attached hydrogens (tertiary/aromatic N) is 2. The number of fused-ring (bicyclic) bond motifs is 1. The van der Waals surface area contributed by atoms with Crippen molar-refractivity contribution in [3.63, 3.8) is 0 Å². The van der Waals surface area contributed by atoms with E-state index in [1.807, 2.05) is 0 Å². The second-order valence-electron chi connectivity index (χ2n) is 5.30. The van der Waals surface area contributed by atoms with E-state index in [9.17, 15) is 13.2 Å². The lowest BCUT2D eigenvalue weighted by molar-refractivity contribution is -0.115. The zero-order valence-corrected chi connectivity index (χ0v) is 15.7. The molecular weight excluding hydrogens is 403 g/mol. The van der Waals surface area contributed by atoms with Gasteiger partial charge in [0.05, 0.1) is 33.3 Å². The maximum Gasteiger partial charge on any atom is 0.244 e. The summed E-state index contributed by atoms with van der Waals surface area (Å²) >= 11 is 19.7. The summed E-state index contributed by atoms with van der Waals surface area (Å²) in [7, 11) is -3.15. The number of amidine groups is 1. The number of benzene rings is 1. The van der Waals surface area contributed by atoms with E-state index in [0.29, 0.717) is 15.9 Å². The van der Waals surface area contributed by atoms with Gasteiger partial charge in [0.1, 0.15) is 0 Å². The molecule has 0 bridgehead atoms. The molecule has 0 aliphatic carbocycles. The van der Waals surface area contributed by atoms with Crippen LogP contribution in [0.15, 0.2) is 17.1 Å². The molecule has 2 aliphatic heterocycles. The van der Waals surface area contributed by atoms with Crippen LogP contribution in [0.4, 0.5) is 5.69 Å². The van der Waals surface area contributed by atoms with Crippen molar-refractivity contribution in [2.45, 2.75) is 18.2 Å². The summed E-state index contributed by atoms with van der Waals surface area (Å²) in [5.74, 6) is -0.364. The third-order valence-corrected chi connectivity index (χ3v) is 7.55. The normalized spacial score (nSPS) is 27.5. The average Bonchev–Trinajstić information content (AvgIpc) is 2.81. The van der Waals surface area contributed by atoms with Crippen molar-refractivity contribution < 1.29 is 13.2 Å². The van der Waals surface area contributed by atoms with Crippen LogP contribution in [-0.2, 0) is 14.6 Å². The molecule has 1 amide bonds. The highest BCUT2D eigenvalue weighted by Crippen LogP contribution is 2.46. The summed E-state index contributed by atoms with van der Waals surface area (Å²) in [4.78, 5) is 17.1. The second kappa shape index (κ2) is 6.11. The number of sulfone groups is 1. The largest absolute Gasteiger partial charge is 0.313 e. The van der Waals surface area contributed by atoms with Gasteiger partial charge in [-0.3, -0.25) is 4.79 Å². The van der Waals surface area contributed by atoms with Crippen LogP contribution >= 0.6 is 46.6 Å². The van der Waals surface area contributed by atoms with E-state index in [-0.39, 0.29) is 38.7 Å². The number of amides is 1. The summed E-state index contributed by atoms with van der Waals surface area (Å²) < 4.78 is 23.9. The minimum Gasteiger partial charge on any atom is -0.313 e. The van der Waals surface area contributed by atoms with E-state index in [1.165, 1.54) is 30.8 Å². The maximum atomic E-state index is 11.9. The molecule has 2 fully saturated rings. The summed E-state index contributed by atoms with van der Waals surface area (Å²) in [6.07, 6.45) is 0. The molecule has 124 valence electrons. The van der Waals surface area contributed by atoms with Gasteiger partial charge in [0.25, 0.3) is 0 Å². The Morgan fingerprint density at radius 3 is 2.43 bits per heavy atom. The molecule has 0 spiro atoms. The van der Waals surface area contributed by atoms with Crippen LogP contribution in [0.25, 0.3) is 0 Å². The first-order chi connectivity index (χ1) is 10.7. The lowest BCUT2D eigenvalue weighted by Crippen LogP contribution is -2.38. The van der Waals surface area contributed by atoms with E-state index in [4.69, 9.17) is 34.8 Å². The number of carbonyl (C=O) groups excluding carboxylic acids is 1. The van der Waals surface area contributed by atoms with Crippen LogP contribution in [-0.4, -0.2) is 42.3 Å². The number of hydrogen-bond acceptors (Lipinski definition) is 4. The Hall–Kier alpha value is -0.470. The first-order valence-electron chi connectivity index (χ1n) is 6.58. The fourth-order valence-electron chi connectivity index (χ4n) is 2.73. The van der Waals surface area contributed by atoms with Crippen LogP contribution in [0, 0.1) is 0 Å². The molecule has 0 unspecified atom stereocenters. The molecule has 0 aromatic heterocycles. The first-order valence-corrected chi connectivity index (χ1v) is 10.4. The van der Waals surface area contributed by atoms with Gasteiger partial charge < -0.3 is 4.90 Å². The SMILES string of the molecule is CC(=O)N=C1S[C@H]2CS(=O)(=O)C[C@H]2N1c1c(Cl)cc(Cl)cc1Cl. The fourth-order valence-corrected chi connectivity index (χ4v) is 7.67. The van der Waals surface area contributed by atoms with Gasteiger partial charge in [-0.05, 0) is 12.1 Å². The summed E-state index contributed by atoms with van der Waals surface area (Å²) in [5, 5.41) is 1.14. The maximum absolute atomic E-state index is 11.9. The minimum absolute atomic E-state index is 0.0309. The number of halogens is 3. The molecule has 1 aromatic carbocycles. The quantitative estimate of drug-likeness (QED) is 0.707. The van der Waals surface area contributed by atoms with E-state index >= 15 is 0 Å². The van der Waals surface area contributed by atoms with Crippen molar-refractivity contribution in [2.75, 3.05) is 16.4 Å². The van der Waals surface area contributed by atoms with Gasteiger partial charge in [-0.15, -0.1) is 0 Å². The molecule has 2 heterocycles. The van der Waals surface area contributed by atoms with Gasteiger partial charge in [0.15, 0.2) is 15.0 Å². The van der Waals surface area contributed by atoms with E-state index in [2.05, 4.69) is 4.99 Å². The fraction of sp³-hybridized carbons (Fsp3) is 0.385. The summed E-state index contributed by atoms with van der Waals surface area (Å²) in [6, 6.07) is 2.69. The molecule has 1 aromatic rings. The lowest BCUT2D eigenvalue weighted by Gasteiger charge is -2.26. The molecule has 0 saturated carbocycles. The highest BCUT2D eigenvalue weighted by molar-refractivity contribution is 8.16. The van der Waals surface area contributed by atoms with Gasteiger partial charge >= 0.3 is 0 Å². The smallest absolute Gasteiger partial charge is 0.244 e. The Kier molecular flexibility index (Phi) is 4.61. The first kappa shape index (κ1) is 17.4. The van der Waals surface area contributed by atoms with Crippen LogP contribution in [0.3, 0.4) is 0 Å². The number of anilines is 1. The molecule has 3 rings (SSSR count). The molecule has 2 saturated heterocycles. The zero-order chi connectivity index (χ0) is 16.9. The van der Waals surface area contributed by atoms with Crippen molar-refractivity contribution in [1.82, 2.24) is 0 Å². The number of thioether (sulfide) groups is 1. The van der Waals surface area contributed by atoms with Gasteiger partial charge in [0.2, 0.25) is 5.91 Å². The Labute approximate surface area is 152 Å². The zero-order valence-electron chi connectivity index (χ0n) is 11.8. The molecule has 2 aliphatic rings. The number of hydrogen-bond donors (Lipinski definition) is 0. The summed E-state index contributed by atoms with van der Waals surface area (Å²) in [6.45, 7) is 1.33. The second-order valence-corrected chi connectivity index (χ2v) is 9.91. The van der Waals surface area contributed by atoms with Gasteiger partial charge in [-0.2, -0.15) is 4.99 Å². The third kappa shape index (κ3) is 3.35. The topological polar surface area (TPSA) is 66.8 Å². The van der Waals surface area contributed by atoms with Crippen molar-refractivity contribution in [3.8, 4) is 0 Å². The van der Waals surface area contributed by atoms with E-state index in [1.54, 1.807) is 4.90 Å². The predicted molar refractivity (Wildman–Crippen MR) is 95.9 cm³/mol. The number of aliphatic imine (C=N–C) groups is 1. The Balaban J connectivity index is 2.14. The molecule has 2 atom stereocenters. The van der Waals surface area contributed by atoms with Gasteiger partial charge in [-0.1, -0.05) is 46.6 Å². The molecule has 5 nitrogen and oxygen atoms in total. The number of rotatable bonds is 1. The highest BCUT2D eigenvalue weighted by atomic mass is 35.5. The van der Waals surface area contributed by atoms with Crippen molar-refractivity contribution in [1.29, 1.82) is 0 Å². The van der Waals surface area contributed by atoms with E-state index in [0.717, 1.165) is 0 Å². The van der Waals surface area contributed by atoms with E-state index < -0.39 is 9.84 Å². The lowest BCUT2D eigenvalue weighted by atomic mass is 10.2. The Morgan fingerprint density at radius 1 is 1.26 bits per heavy atom.